The Morgan fingerprint density at radius 2 is 0.824 bits per heavy atom. The zero-order valence-corrected chi connectivity index (χ0v) is 42.5. The number of unbranched alkanes of at least 4 members (excludes halogenated alkanes) is 2. The summed E-state index contributed by atoms with van der Waals surface area (Å²) in [6.45, 7) is 6.50. The summed E-state index contributed by atoms with van der Waals surface area (Å²) in [4.78, 5) is 8.43. The van der Waals surface area contributed by atoms with Gasteiger partial charge in [0.15, 0.2) is 23.0 Å². The van der Waals surface area contributed by atoms with Crippen molar-refractivity contribution in [2.24, 2.45) is 0 Å². The lowest BCUT2D eigenvalue weighted by Crippen LogP contribution is -2.25. The zero-order chi connectivity index (χ0) is 49.2. The molecule has 0 bridgehead atoms. The van der Waals surface area contributed by atoms with Crippen LogP contribution in [0.3, 0.4) is 0 Å². The molecule has 0 saturated heterocycles. The molecule has 11 nitrogen and oxygen atoms in total. The highest BCUT2D eigenvalue weighted by molar-refractivity contribution is 8.03. The Morgan fingerprint density at radius 3 is 1.16 bits per heavy atom. The first kappa shape index (κ1) is 52.5. The average Bonchev–Trinajstić information content (AvgIpc) is 3.36. The van der Waals surface area contributed by atoms with Crippen LogP contribution < -0.4 is 35.3 Å². The number of nitrogens with zero attached hydrogens (tertiary/aromatic N) is 5. The molecule has 6 rings (SSSR count). The number of halogens is 1. The lowest BCUT2D eigenvalue weighted by atomic mass is 10.1. The molecular weight excluding hydrogens is 950 g/mol. The smallest absolute Gasteiger partial charge is 0.153 e. The number of para-hydroxylation sites is 2. The number of anilines is 3. The van der Waals surface area contributed by atoms with E-state index >= 15 is 0 Å². The van der Waals surface area contributed by atoms with Crippen molar-refractivity contribution >= 4 is 75.7 Å². The molecule has 68 heavy (non-hydrogen) atoms. The van der Waals surface area contributed by atoms with Gasteiger partial charge in [-0.2, -0.15) is 21.0 Å². The molecule has 0 atom stereocenters. The molecule has 0 aromatic heterocycles. The van der Waals surface area contributed by atoms with Gasteiger partial charge in [-0.15, -0.1) is 0 Å². The van der Waals surface area contributed by atoms with Crippen molar-refractivity contribution in [2.45, 2.75) is 78.7 Å². The van der Waals surface area contributed by atoms with E-state index in [-0.39, 0.29) is 33.8 Å². The topological polar surface area (TPSA) is 187 Å². The molecule has 0 amide bonds. The standard InChI is InChI=1S/C30H34N4O2S2.C22H16ClN3O2S2/c1-5-7-17-34(18-8-6-2)21-13-15-22(16-14-21)37-29-27(35-3)23(19-31)24(20-32)28(36-4)30(29)38-26-12-10-9-11-25(26)33;1-27-19-13(11-24)14(12-25)20(28-2)22(30-18-10-6-4-8-16(18)26)21(19)29-17-9-5-3-7-15(17)23/h9-16H,5-8,17-18,33H2,1-4H3;3-10H,26H2,1-2H3. The third kappa shape index (κ3) is 12.4. The highest BCUT2D eigenvalue weighted by Crippen LogP contribution is 2.54. The molecule has 0 fully saturated rings. The minimum Gasteiger partial charge on any atom is -0.494 e. The maximum atomic E-state index is 9.96. The molecule has 0 saturated carbocycles. The van der Waals surface area contributed by atoms with Crippen LogP contribution in [0.5, 0.6) is 23.0 Å². The predicted octanol–water partition coefficient (Wildman–Crippen LogP) is 13.7. The van der Waals surface area contributed by atoms with E-state index in [4.69, 9.17) is 42.0 Å². The summed E-state index contributed by atoms with van der Waals surface area (Å²) in [6.07, 6.45) is 4.63. The largest absolute Gasteiger partial charge is 0.494 e. The Morgan fingerprint density at radius 1 is 0.485 bits per heavy atom. The number of hydrogen-bond donors (Lipinski definition) is 2. The first-order chi connectivity index (χ1) is 33.1. The number of rotatable bonds is 19. The Kier molecular flexibility index (Phi) is 20.2. The zero-order valence-electron chi connectivity index (χ0n) is 38.5. The van der Waals surface area contributed by atoms with Gasteiger partial charge in [0.2, 0.25) is 0 Å². The van der Waals surface area contributed by atoms with E-state index in [1.165, 1.54) is 81.2 Å². The summed E-state index contributed by atoms with van der Waals surface area (Å²) >= 11 is 11.9. The van der Waals surface area contributed by atoms with Gasteiger partial charge in [0.05, 0.1) is 53.0 Å². The summed E-state index contributed by atoms with van der Waals surface area (Å²) < 4.78 is 22.6. The Labute approximate surface area is 421 Å². The number of hydrogen-bond acceptors (Lipinski definition) is 15. The van der Waals surface area contributed by atoms with Crippen LogP contribution in [0.1, 0.15) is 61.8 Å². The van der Waals surface area contributed by atoms with Gasteiger partial charge in [0, 0.05) is 49.7 Å². The molecule has 348 valence electrons. The summed E-state index contributed by atoms with van der Waals surface area (Å²) in [5.74, 6) is 1.26. The summed E-state index contributed by atoms with van der Waals surface area (Å²) in [7, 11) is 5.95. The number of nitrogens with two attached hydrogens (primary N) is 2. The van der Waals surface area contributed by atoms with Gasteiger partial charge < -0.3 is 35.3 Å². The fraction of sp³-hybridized carbons (Fsp3) is 0.231. The van der Waals surface area contributed by atoms with Gasteiger partial charge in [-0.1, -0.05) is 122 Å². The van der Waals surface area contributed by atoms with Crippen molar-refractivity contribution in [3.05, 3.63) is 124 Å². The summed E-state index contributed by atoms with van der Waals surface area (Å²) in [5.41, 5.74) is 15.3. The lowest BCUT2D eigenvalue weighted by Gasteiger charge is -2.25. The molecular formula is C52H50ClN7O4S4. The van der Waals surface area contributed by atoms with Gasteiger partial charge in [0.25, 0.3) is 0 Å². The summed E-state index contributed by atoms with van der Waals surface area (Å²) in [5, 5.41) is 40.0. The van der Waals surface area contributed by atoms with Crippen molar-refractivity contribution < 1.29 is 18.9 Å². The molecule has 0 unspecified atom stereocenters. The minimum atomic E-state index is 0.108. The van der Waals surface area contributed by atoms with Crippen molar-refractivity contribution in [1.29, 1.82) is 21.0 Å². The van der Waals surface area contributed by atoms with Crippen LogP contribution in [-0.4, -0.2) is 41.5 Å². The Bertz CT molecular complexity index is 2790. The third-order valence-corrected chi connectivity index (χ3v) is 15.5. The van der Waals surface area contributed by atoms with E-state index in [1.54, 1.807) is 12.1 Å². The fourth-order valence-corrected chi connectivity index (χ4v) is 11.6. The summed E-state index contributed by atoms with van der Waals surface area (Å²) in [6, 6.07) is 39.2. The van der Waals surface area contributed by atoms with Gasteiger partial charge in [-0.3, -0.25) is 0 Å². The number of nitrogen functional groups attached to an aromatic ring is 2. The van der Waals surface area contributed by atoms with Crippen LogP contribution >= 0.6 is 58.6 Å². The van der Waals surface area contributed by atoms with Crippen LogP contribution in [0.25, 0.3) is 0 Å². The highest BCUT2D eigenvalue weighted by atomic mass is 35.5. The molecule has 6 aromatic rings. The number of nitriles is 4. The first-order valence-electron chi connectivity index (χ1n) is 21.3. The van der Waals surface area contributed by atoms with E-state index in [0.29, 0.717) is 47.5 Å². The second-order valence-corrected chi connectivity index (χ2v) is 19.1. The quantitative estimate of drug-likeness (QED) is 0.0729. The van der Waals surface area contributed by atoms with Gasteiger partial charge in [-0.25, -0.2) is 0 Å². The number of benzene rings is 6. The molecule has 0 spiro atoms. The van der Waals surface area contributed by atoms with E-state index < -0.39 is 0 Å². The average molecular weight is 1000 g/mol. The van der Waals surface area contributed by atoms with Gasteiger partial charge >= 0.3 is 0 Å². The van der Waals surface area contributed by atoms with Crippen LogP contribution in [0, 0.1) is 45.3 Å². The molecule has 0 heterocycles. The predicted molar refractivity (Wildman–Crippen MR) is 276 cm³/mol. The second kappa shape index (κ2) is 26.2. The van der Waals surface area contributed by atoms with Crippen molar-refractivity contribution in [3.63, 3.8) is 0 Å². The molecule has 16 heteroatoms. The maximum absolute atomic E-state index is 9.96. The van der Waals surface area contributed by atoms with E-state index in [0.717, 1.165) is 58.4 Å². The van der Waals surface area contributed by atoms with Crippen molar-refractivity contribution in [3.8, 4) is 47.3 Å². The minimum absolute atomic E-state index is 0.108. The molecule has 6 aromatic carbocycles. The van der Waals surface area contributed by atoms with Crippen LogP contribution in [0.15, 0.2) is 136 Å². The molecule has 4 N–H and O–H groups in total. The molecule has 0 aliphatic carbocycles. The normalized spacial score (nSPS) is 10.3. The van der Waals surface area contributed by atoms with E-state index in [9.17, 15) is 21.0 Å². The Hall–Kier alpha value is -6.43. The fourth-order valence-electron chi connectivity index (χ4n) is 6.81. The number of ether oxygens (including phenoxy) is 4. The molecule has 0 aliphatic rings. The number of methoxy groups -OCH3 is 4. The lowest BCUT2D eigenvalue weighted by molar-refractivity contribution is 0.382. The van der Waals surface area contributed by atoms with Crippen LogP contribution in [-0.2, 0) is 0 Å². The van der Waals surface area contributed by atoms with Crippen LogP contribution in [0.2, 0.25) is 5.02 Å². The Balaban J connectivity index is 0.000000261. The SMILES string of the molecule is CCCCN(CCCC)c1ccc(Sc2c(OC)c(C#N)c(C#N)c(OC)c2Sc2ccccc2N)cc1.COc1c(C#N)c(C#N)c(OC)c(Sc2ccccc2Cl)c1Sc1ccccc1N. The maximum Gasteiger partial charge on any atom is 0.153 e. The van der Waals surface area contributed by atoms with Gasteiger partial charge in [-0.05, 0) is 73.5 Å². The van der Waals surface area contributed by atoms with Gasteiger partial charge in [0.1, 0.15) is 46.5 Å². The highest BCUT2D eigenvalue weighted by Gasteiger charge is 2.30. The monoisotopic (exact) mass is 999 g/mol. The van der Waals surface area contributed by atoms with Crippen LogP contribution in [0.4, 0.5) is 17.1 Å². The molecule has 0 radical (unpaired) electrons. The third-order valence-electron chi connectivity index (χ3n) is 10.2. The second-order valence-electron chi connectivity index (χ2n) is 14.5. The van der Waals surface area contributed by atoms with Crippen molar-refractivity contribution in [2.75, 3.05) is 57.9 Å². The first-order valence-corrected chi connectivity index (χ1v) is 25.0. The molecule has 0 aliphatic heterocycles. The van der Waals surface area contributed by atoms with E-state index in [1.807, 2.05) is 60.7 Å². The van der Waals surface area contributed by atoms with Crippen molar-refractivity contribution in [1.82, 2.24) is 0 Å². The van der Waals surface area contributed by atoms with E-state index in [2.05, 4.69) is 67.3 Å².